The standard InChI is InChI=1S/C33H66O.3C28H56O/c1-6-7-8-9-10-11-12-13-14-15-16-17-18-19-20-21-29-34-30-28-33(5)27-23-26-32(4)25-22-24-31(2)3;1-6-8-9-10-11-12-13-14-15-16-17-18-19-20-21-22-26-29-28(4,5)25-23-24-27(3)7-2;1-6-8-9-10-11-12-13-14-15-16-17-18-19-20-21-22-26-29-28(5,7-2)25-23-24-27(3)4;1-5-6-7-8-9-10-11-12-13-14-15-16-17-18-19-20-25-29-26-24-28(4)23-21-22-27(2)3/h13-14,31-33H,6-12,15-30H2,1-5H3;2*14-15,27H,6-13,16-26H2,1-5H3;12-13,27-28H,5-11,14-26H2,1-4H3/b14-13-;2*15-14-;13-12-. The van der Waals surface area contributed by atoms with Crippen molar-refractivity contribution in [3.63, 3.8) is 0 Å². The lowest BCUT2D eigenvalue weighted by atomic mass is 9.93. The van der Waals surface area contributed by atoms with Crippen molar-refractivity contribution in [1.82, 2.24) is 0 Å². The van der Waals surface area contributed by atoms with Gasteiger partial charge in [-0.3, -0.25) is 0 Å². The zero-order valence-corrected chi connectivity index (χ0v) is 87.6. The van der Waals surface area contributed by atoms with Gasteiger partial charge in [-0.1, -0.05) is 480 Å². The Morgan fingerprint density at radius 1 is 0.198 bits per heavy atom. The molecule has 0 amide bonds. The van der Waals surface area contributed by atoms with Gasteiger partial charge in [-0.05, 0) is 223 Å². The SMILES string of the molecule is CCCCCCCC/C=C\CCCCCCCCOC(C)(C)CCCC(C)CC.CCCCCCCC/C=C\CCCCCCCCOC(C)(CC)CCCC(C)C.CCCCCCCC/C=C\CCCCCCCCOCCC(C)CCCC(C)C.CCCCCCCC/C=C\CCCCCCCCOCCC(C)CCCC(C)CCCC(C)C. The van der Waals surface area contributed by atoms with E-state index >= 15 is 0 Å². The molecule has 0 spiro atoms. The highest BCUT2D eigenvalue weighted by molar-refractivity contribution is 4.84. The summed E-state index contributed by atoms with van der Waals surface area (Å²) in [7, 11) is 0. The Kier molecular flexibility index (Phi) is 110. The first-order chi connectivity index (χ1) is 58.8. The molecule has 0 aliphatic carbocycles. The molecule has 0 aromatic rings. The molecule has 4 nitrogen and oxygen atoms in total. The van der Waals surface area contributed by atoms with Crippen LogP contribution in [-0.2, 0) is 18.9 Å². The lowest BCUT2D eigenvalue weighted by molar-refractivity contribution is -0.0438. The van der Waals surface area contributed by atoms with Gasteiger partial charge in [-0.25, -0.2) is 0 Å². The summed E-state index contributed by atoms with van der Waals surface area (Å²) in [6.07, 6.45) is 121. The predicted molar refractivity (Wildman–Crippen MR) is 554 cm³/mol. The highest BCUT2D eigenvalue weighted by Crippen LogP contribution is 2.27. The van der Waals surface area contributed by atoms with Crippen molar-refractivity contribution >= 4 is 0 Å². The number of unbranched alkanes of at least 4 members (excludes halogenated alkanes) is 48. The van der Waals surface area contributed by atoms with Gasteiger partial charge >= 0.3 is 0 Å². The average Bonchev–Trinajstić information content (AvgIpc) is 0.916. The molecule has 0 aliphatic heterocycles. The maximum atomic E-state index is 6.27. The molecule has 0 bridgehead atoms. The van der Waals surface area contributed by atoms with Gasteiger partial charge in [0.2, 0.25) is 0 Å². The van der Waals surface area contributed by atoms with Crippen LogP contribution >= 0.6 is 0 Å². The third-order valence-electron chi connectivity index (χ3n) is 26.1. The molecule has 5 unspecified atom stereocenters. The van der Waals surface area contributed by atoms with E-state index < -0.39 is 0 Å². The van der Waals surface area contributed by atoms with E-state index in [1.54, 1.807) is 0 Å². The first-order valence-electron chi connectivity index (χ1n) is 55.8. The van der Waals surface area contributed by atoms with Crippen molar-refractivity contribution in [3.8, 4) is 0 Å². The molecule has 0 aromatic carbocycles. The van der Waals surface area contributed by atoms with Crippen LogP contribution in [0.5, 0.6) is 0 Å². The molecule has 4 heteroatoms. The molecule has 0 fully saturated rings. The molecule has 0 aliphatic rings. The average molecular weight is 1710 g/mol. The van der Waals surface area contributed by atoms with Crippen LogP contribution in [-0.4, -0.2) is 50.8 Å². The van der Waals surface area contributed by atoms with Crippen molar-refractivity contribution in [3.05, 3.63) is 48.6 Å². The van der Waals surface area contributed by atoms with E-state index in [9.17, 15) is 0 Å². The van der Waals surface area contributed by atoms with Crippen LogP contribution in [0.15, 0.2) is 48.6 Å². The molecule has 0 saturated heterocycles. The molecule has 0 rings (SSSR count). The van der Waals surface area contributed by atoms with E-state index in [-0.39, 0.29) is 11.2 Å². The van der Waals surface area contributed by atoms with Crippen molar-refractivity contribution < 1.29 is 18.9 Å². The van der Waals surface area contributed by atoms with Crippen molar-refractivity contribution in [2.75, 3.05) is 39.6 Å². The second-order valence-corrected chi connectivity index (χ2v) is 41.4. The third-order valence-corrected chi connectivity index (χ3v) is 26.1. The summed E-state index contributed by atoms with van der Waals surface area (Å²) in [5, 5.41) is 0. The molecule has 121 heavy (non-hydrogen) atoms. The van der Waals surface area contributed by atoms with Gasteiger partial charge < -0.3 is 18.9 Å². The monoisotopic (exact) mass is 1700 g/mol. The van der Waals surface area contributed by atoms with E-state index in [1.807, 2.05) is 0 Å². The minimum Gasteiger partial charge on any atom is -0.381 e. The number of hydrogen-bond acceptors (Lipinski definition) is 4. The summed E-state index contributed by atoms with van der Waals surface area (Å²) in [5.41, 5.74) is 0.173. The Labute approximate surface area is 768 Å². The summed E-state index contributed by atoms with van der Waals surface area (Å²) in [6.45, 7) is 49.9. The van der Waals surface area contributed by atoms with Crippen LogP contribution in [0.1, 0.15) is 613 Å². The summed E-state index contributed by atoms with van der Waals surface area (Å²) in [4.78, 5) is 0. The molecule has 0 heterocycles. The Bertz CT molecular complexity index is 1960. The second-order valence-electron chi connectivity index (χ2n) is 41.4. The van der Waals surface area contributed by atoms with Crippen molar-refractivity contribution in [1.29, 1.82) is 0 Å². The van der Waals surface area contributed by atoms with E-state index in [0.29, 0.717) is 0 Å². The summed E-state index contributed by atoms with van der Waals surface area (Å²) < 4.78 is 24.2. The number of rotatable bonds is 94. The quantitative estimate of drug-likeness (QED) is 0.0449. The minimum absolute atomic E-state index is 0.0648. The first kappa shape index (κ1) is 126. The van der Waals surface area contributed by atoms with Crippen LogP contribution in [0.25, 0.3) is 0 Å². The van der Waals surface area contributed by atoms with Gasteiger partial charge in [-0.2, -0.15) is 0 Å². The molecule has 0 saturated carbocycles. The molecule has 726 valence electrons. The zero-order chi connectivity index (χ0) is 89.8. The normalized spacial score (nSPS) is 13.6. The molecular weight excluding hydrogens is 1470 g/mol. The van der Waals surface area contributed by atoms with Crippen molar-refractivity contribution in [2.24, 2.45) is 41.4 Å². The lowest BCUT2D eigenvalue weighted by Crippen LogP contribution is -2.28. The van der Waals surface area contributed by atoms with E-state index in [1.165, 1.54) is 475 Å². The summed E-state index contributed by atoms with van der Waals surface area (Å²) in [6, 6.07) is 0. The fourth-order valence-electron chi connectivity index (χ4n) is 16.4. The zero-order valence-electron chi connectivity index (χ0n) is 87.6. The van der Waals surface area contributed by atoms with Crippen LogP contribution in [0.2, 0.25) is 0 Å². The van der Waals surface area contributed by atoms with E-state index in [4.69, 9.17) is 18.9 Å². The number of allylic oxidation sites excluding steroid dienone is 8. The third kappa shape index (κ3) is 117. The van der Waals surface area contributed by atoms with Gasteiger partial charge in [0.1, 0.15) is 0 Å². The van der Waals surface area contributed by atoms with Crippen LogP contribution in [0, 0.1) is 41.4 Å². The molecule has 0 N–H and O–H groups in total. The van der Waals surface area contributed by atoms with Gasteiger partial charge in [0.05, 0.1) is 11.2 Å². The Balaban J connectivity index is -0.000000756. The molecule has 0 aromatic heterocycles. The number of hydrogen-bond donors (Lipinski definition) is 0. The predicted octanol–water partition coefficient (Wildman–Crippen LogP) is 41.7. The molecular formula is C117H234O4. The largest absolute Gasteiger partial charge is 0.381 e. The van der Waals surface area contributed by atoms with Gasteiger partial charge in [0.25, 0.3) is 0 Å². The Hall–Kier alpha value is -1.20. The van der Waals surface area contributed by atoms with E-state index in [2.05, 4.69) is 180 Å². The maximum Gasteiger partial charge on any atom is 0.0651 e. The van der Waals surface area contributed by atoms with Crippen molar-refractivity contribution in [2.45, 2.75) is 624 Å². The summed E-state index contributed by atoms with van der Waals surface area (Å²) in [5.74, 6) is 5.95. The fourth-order valence-corrected chi connectivity index (χ4v) is 16.4. The minimum atomic E-state index is 0.0648. The van der Waals surface area contributed by atoms with Gasteiger partial charge in [0.15, 0.2) is 0 Å². The highest BCUT2D eigenvalue weighted by Gasteiger charge is 2.22. The highest BCUT2D eigenvalue weighted by atomic mass is 16.5. The Morgan fingerprint density at radius 2 is 0.421 bits per heavy atom. The molecule has 5 atom stereocenters. The van der Waals surface area contributed by atoms with Crippen LogP contribution in [0.3, 0.4) is 0 Å². The first-order valence-corrected chi connectivity index (χ1v) is 55.8. The fraction of sp³-hybridized carbons (Fsp3) is 0.932. The number of ether oxygens (including phenoxy) is 4. The molecule has 0 radical (unpaired) electrons. The second kappa shape index (κ2) is 106. The topological polar surface area (TPSA) is 36.9 Å². The summed E-state index contributed by atoms with van der Waals surface area (Å²) >= 11 is 0. The van der Waals surface area contributed by atoms with Gasteiger partial charge in [-0.15, -0.1) is 0 Å². The maximum absolute atomic E-state index is 6.27. The smallest absolute Gasteiger partial charge is 0.0651 e. The Morgan fingerprint density at radius 3 is 0.694 bits per heavy atom. The van der Waals surface area contributed by atoms with Crippen LogP contribution < -0.4 is 0 Å². The van der Waals surface area contributed by atoms with E-state index in [0.717, 1.165) is 87.5 Å². The van der Waals surface area contributed by atoms with Crippen LogP contribution in [0.4, 0.5) is 0 Å². The van der Waals surface area contributed by atoms with Gasteiger partial charge in [0, 0.05) is 39.6 Å². The lowest BCUT2D eigenvalue weighted by Gasteiger charge is -2.29.